The van der Waals surface area contributed by atoms with Crippen molar-refractivity contribution in [3.63, 3.8) is 0 Å². The van der Waals surface area contributed by atoms with Crippen molar-refractivity contribution >= 4 is 85.8 Å². The highest BCUT2D eigenvalue weighted by molar-refractivity contribution is 7.27. The molecule has 3 heterocycles. The molecule has 0 aliphatic rings. The summed E-state index contributed by atoms with van der Waals surface area (Å²) in [4.78, 5) is 10.7. The third-order valence-electron chi connectivity index (χ3n) is 8.97. The van der Waals surface area contributed by atoms with Crippen LogP contribution < -0.4 is 0 Å². The Kier molecular flexibility index (Phi) is 4.87. The number of rotatable bonds is 2. The number of para-hydroxylation sites is 1. The highest BCUT2D eigenvalue weighted by atomic mass is 32.1. The van der Waals surface area contributed by atoms with Gasteiger partial charge in [0.05, 0.1) is 26.9 Å². The summed E-state index contributed by atoms with van der Waals surface area (Å²) in [6.45, 7) is 0. The summed E-state index contributed by atoms with van der Waals surface area (Å²) in [6, 6.07) is 49.7. The molecule has 0 aliphatic carbocycles. The Morgan fingerprint density at radius 3 is 1.98 bits per heavy atom. The molecule has 3 nitrogen and oxygen atoms in total. The van der Waals surface area contributed by atoms with Gasteiger partial charge in [0.15, 0.2) is 0 Å². The van der Waals surface area contributed by atoms with E-state index < -0.39 is 0 Å². The summed E-state index contributed by atoms with van der Waals surface area (Å²) in [5.41, 5.74) is 5.23. The lowest BCUT2D eigenvalue weighted by Gasteiger charge is -2.12. The van der Waals surface area contributed by atoms with Crippen molar-refractivity contribution in [3.05, 3.63) is 140 Å². The van der Waals surface area contributed by atoms with Crippen molar-refractivity contribution in [1.82, 2.24) is 14.5 Å². The van der Waals surface area contributed by atoms with E-state index in [0.717, 1.165) is 27.7 Å². The zero-order chi connectivity index (χ0) is 28.8. The predicted molar refractivity (Wildman–Crippen MR) is 187 cm³/mol. The molecule has 7 aromatic carbocycles. The standard InChI is InChI=1S/C40H23N3S/c1-2-13-25(14-3-1)37-29-18-8-10-20-31(29)41-40(42-37)43-32-23-22-24-12-4-5-15-26(24)35(32)36-28-17-7-6-16-27(28)34-30-19-9-11-21-33(30)44-39(34)38(36)43/h1-23H. The van der Waals surface area contributed by atoms with Gasteiger partial charge < -0.3 is 0 Å². The normalized spacial score (nSPS) is 12.1. The van der Waals surface area contributed by atoms with Gasteiger partial charge in [-0.1, -0.05) is 121 Å². The summed E-state index contributed by atoms with van der Waals surface area (Å²) < 4.78 is 4.88. The maximum absolute atomic E-state index is 5.39. The van der Waals surface area contributed by atoms with Crippen LogP contribution in [0.4, 0.5) is 0 Å². The maximum Gasteiger partial charge on any atom is 0.235 e. The van der Waals surface area contributed by atoms with Crippen molar-refractivity contribution < 1.29 is 0 Å². The van der Waals surface area contributed by atoms with Gasteiger partial charge in [0.1, 0.15) is 0 Å². The van der Waals surface area contributed by atoms with Crippen molar-refractivity contribution in [1.29, 1.82) is 0 Å². The van der Waals surface area contributed by atoms with Crippen LogP contribution in [0.1, 0.15) is 0 Å². The van der Waals surface area contributed by atoms with Crippen molar-refractivity contribution in [2.45, 2.75) is 0 Å². The van der Waals surface area contributed by atoms with Crippen molar-refractivity contribution in [2.24, 2.45) is 0 Å². The number of aromatic nitrogens is 3. The van der Waals surface area contributed by atoms with E-state index in [1.54, 1.807) is 0 Å². The fourth-order valence-electron chi connectivity index (χ4n) is 7.12. The Bertz CT molecular complexity index is 2770. The Morgan fingerprint density at radius 2 is 1.14 bits per heavy atom. The minimum absolute atomic E-state index is 0.687. The first-order valence-electron chi connectivity index (χ1n) is 14.9. The number of benzene rings is 7. The molecule has 0 spiro atoms. The molecule has 204 valence electrons. The molecule has 0 N–H and O–H groups in total. The molecule has 0 bridgehead atoms. The lowest BCUT2D eigenvalue weighted by Crippen LogP contribution is -2.03. The van der Waals surface area contributed by atoms with Crippen LogP contribution in [-0.4, -0.2) is 14.5 Å². The fourth-order valence-corrected chi connectivity index (χ4v) is 8.38. The Morgan fingerprint density at radius 1 is 0.477 bits per heavy atom. The van der Waals surface area contributed by atoms with E-state index in [2.05, 4.69) is 144 Å². The van der Waals surface area contributed by atoms with E-state index in [9.17, 15) is 0 Å². The minimum Gasteiger partial charge on any atom is -0.276 e. The molecule has 3 aromatic heterocycles. The van der Waals surface area contributed by atoms with Crippen LogP contribution in [0.15, 0.2) is 140 Å². The predicted octanol–water partition coefficient (Wildman–Crippen LogP) is 11.1. The van der Waals surface area contributed by atoms with Crippen molar-refractivity contribution in [3.8, 4) is 17.2 Å². The monoisotopic (exact) mass is 577 g/mol. The van der Waals surface area contributed by atoms with Crippen LogP contribution >= 0.6 is 11.3 Å². The van der Waals surface area contributed by atoms with Gasteiger partial charge in [0.2, 0.25) is 5.95 Å². The third-order valence-corrected chi connectivity index (χ3v) is 10.2. The van der Waals surface area contributed by atoms with Crippen LogP contribution in [-0.2, 0) is 0 Å². The lowest BCUT2D eigenvalue weighted by atomic mass is 9.97. The average molecular weight is 578 g/mol. The average Bonchev–Trinajstić information content (AvgIpc) is 3.65. The largest absolute Gasteiger partial charge is 0.276 e. The molecule has 0 radical (unpaired) electrons. The van der Waals surface area contributed by atoms with E-state index in [1.807, 2.05) is 11.3 Å². The quantitative estimate of drug-likeness (QED) is 0.205. The summed E-state index contributed by atoms with van der Waals surface area (Å²) >= 11 is 1.86. The Balaban J connectivity index is 1.50. The molecule has 10 rings (SSSR count). The van der Waals surface area contributed by atoms with Gasteiger partial charge in [-0.05, 0) is 39.7 Å². The topological polar surface area (TPSA) is 30.7 Å². The SMILES string of the molecule is c1ccc(-c2nc(-n3c4ccc5ccccc5c4c4c5ccccc5c5c6ccccc6sc5c43)nc3ccccc23)cc1. The minimum atomic E-state index is 0.687. The molecule has 0 saturated heterocycles. The number of fused-ring (bicyclic) bond motifs is 13. The van der Waals surface area contributed by atoms with E-state index >= 15 is 0 Å². The van der Waals surface area contributed by atoms with E-state index in [-0.39, 0.29) is 0 Å². The Hall–Kier alpha value is -5.58. The lowest BCUT2D eigenvalue weighted by molar-refractivity contribution is 1.02. The third kappa shape index (κ3) is 3.20. The molecule has 0 aliphatic heterocycles. The number of hydrogen-bond acceptors (Lipinski definition) is 3. The van der Waals surface area contributed by atoms with Crippen LogP contribution in [0, 0.1) is 0 Å². The summed E-state index contributed by atoms with van der Waals surface area (Å²) in [5.74, 6) is 0.687. The molecule has 0 unspecified atom stereocenters. The molecular weight excluding hydrogens is 555 g/mol. The van der Waals surface area contributed by atoms with Gasteiger partial charge in [-0.2, -0.15) is 0 Å². The second-order valence-electron chi connectivity index (χ2n) is 11.3. The van der Waals surface area contributed by atoms with E-state index in [1.165, 1.54) is 58.0 Å². The number of thiophene rings is 1. The maximum atomic E-state index is 5.39. The first kappa shape index (κ1) is 23.9. The van der Waals surface area contributed by atoms with Gasteiger partial charge in [-0.15, -0.1) is 11.3 Å². The first-order valence-corrected chi connectivity index (χ1v) is 15.7. The van der Waals surface area contributed by atoms with Crippen molar-refractivity contribution in [2.75, 3.05) is 0 Å². The highest BCUT2D eigenvalue weighted by Crippen LogP contribution is 2.49. The van der Waals surface area contributed by atoms with Gasteiger partial charge in [-0.3, -0.25) is 4.57 Å². The molecule has 44 heavy (non-hydrogen) atoms. The Labute approximate surface area is 256 Å². The smallest absolute Gasteiger partial charge is 0.235 e. The van der Waals surface area contributed by atoms with E-state index in [0.29, 0.717) is 5.95 Å². The second-order valence-corrected chi connectivity index (χ2v) is 12.4. The summed E-state index contributed by atoms with van der Waals surface area (Å²) in [7, 11) is 0. The second kappa shape index (κ2) is 8.96. The molecule has 0 amide bonds. The highest BCUT2D eigenvalue weighted by Gasteiger charge is 2.24. The number of hydrogen-bond donors (Lipinski definition) is 0. The van der Waals surface area contributed by atoms with Crippen LogP contribution in [0.5, 0.6) is 0 Å². The first-order chi connectivity index (χ1) is 21.8. The zero-order valence-corrected chi connectivity index (χ0v) is 24.3. The van der Waals surface area contributed by atoms with Crippen LogP contribution in [0.3, 0.4) is 0 Å². The molecule has 4 heteroatoms. The summed E-state index contributed by atoms with van der Waals surface area (Å²) in [6.07, 6.45) is 0. The number of nitrogens with zero attached hydrogens (tertiary/aromatic N) is 3. The summed E-state index contributed by atoms with van der Waals surface area (Å²) in [5, 5.41) is 11.1. The van der Waals surface area contributed by atoms with Gasteiger partial charge >= 0.3 is 0 Å². The molecule has 0 fully saturated rings. The van der Waals surface area contributed by atoms with Gasteiger partial charge in [0.25, 0.3) is 0 Å². The van der Waals surface area contributed by atoms with Crippen LogP contribution in [0.25, 0.3) is 91.6 Å². The van der Waals surface area contributed by atoms with E-state index in [4.69, 9.17) is 9.97 Å². The molecule has 10 aromatic rings. The fraction of sp³-hybridized carbons (Fsp3) is 0. The molecule has 0 saturated carbocycles. The van der Waals surface area contributed by atoms with Gasteiger partial charge in [0, 0.05) is 37.2 Å². The molecule has 0 atom stereocenters. The van der Waals surface area contributed by atoms with Crippen LogP contribution in [0.2, 0.25) is 0 Å². The zero-order valence-electron chi connectivity index (χ0n) is 23.5. The molecular formula is C40H23N3S. The van der Waals surface area contributed by atoms with Gasteiger partial charge in [-0.25, -0.2) is 9.97 Å².